The maximum absolute atomic E-state index is 10.6. The van der Waals surface area contributed by atoms with E-state index in [2.05, 4.69) is 4.98 Å². The Bertz CT molecular complexity index is 209. The summed E-state index contributed by atoms with van der Waals surface area (Å²) in [6, 6.07) is 0. The first-order chi connectivity index (χ1) is 4.83. The van der Waals surface area contributed by atoms with Crippen molar-refractivity contribution in [3.63, 3.8) is 0 Å². The molecule has 0 atom stereocenters. The van der Waals surface area contributed by atoms with E-state index in [-0.39, 0.29) is 12.3 Å². The SMILES string of the molecule is NNC(=O)Cc1cscn1. The van der Waals surface area contributed by atoms with Gasteiger partial charge in [-0.15, -0.1) is 11.3 Å². The molecule has 0 aliphatic carbocycles. The molecule has 0 bridgehead atoms. The number of aromatic nitrogens is 1. The van der Waals surface area contributed by atoms with Gasteiger partial charge in [-0.1, -0.05) is 0 Å². The molecule has 4 nitrogen and oxygen atoms in total. The van der Waals surface area contributed by atoms with E-state index >= 15 is 0 Å². The van der Waals surface area contributed by atoms with E-state index in [1.165, 1.54) is 11.3 Å². The minimum atomic E-state index is -0.217. The highest BCUT2D eigenvalue weighted by molar-refractivity contribution is 7.07. The van der Waals surface area contributed by atoms with Gasteiger partial charge < -0.3 is 0 Å². The largest absolute Gasteiger partial charge is 0.294 e. The summed E-state index contributed by atoms with van der Waals surface area (Å²) in [7, 11) is 0. The van der Waals surface area contributed by atoms with Crippen LogP contribution in [0.5, 0.6) is 0 Å². The van der Waals surface area contributed by atoms with E-state index in [4.69, 9.17) is 5.84 Å². The van der Waals surface area contributed by atoms with Crippen molar-refractivity contribution in [1.29, 1.82) is 0 Å². The number of carbonyl (C=O) groups is 1. The maximum Gasteiger partial charge on any atom is 0.239 e. The first kappa shape index (κ1) is 7.17. The van der Waals surface area contributed by atoms with Gasteiger partial charge in [-0.3, -0.25) is 10.2 Å². The Morgan fingerprint density at radius 3 is 3.20 bits per heavy atom. The van der Waals surface area contributed by atoms with Gasteiger partial charge in [0.2, 0.25) is 5.91 Å². The molecule has 0 saturated carbocycles. The summed E-state index contributed by atoms with van der Waals surface area (Å²) in [5.41, 5.74) is 4.47. The van der Waals surface area contributed by atoms with Crippen LogP contribution in [0.25, 0.3) is 0 Å². The quantitative estimate of drug-likeness (QED) is 0.351. The van der Waals surface area contributed by atoms with Crippen LogP contribution in [0, 0.1) is 0 Å². The van der Waals surface area contributed by atoms with E-state index in [9.17, 15) is 4.79 Å². The molecule has 0 fully saturated rings. The lowest BCUT2D eigenvalue weighted by molar-refractivity contribution is -0.120. The zero-order valence-corrected chi connectivity index (χ0v) is 6.02. The Morgan fingerprint density at radius 2 is 2.70 bits per heavy atom. The average molecular weight is 157 g/mol. The van der Waals surface area contributed by atoms with Crippen LogP contribution in [0.15, 0.2) is 10.9 Å². The van der Waals surface area contributed by atoms with Crippen molar-refractivity contribution >= 4 is 17.2 Å². The summed E-state index contributed by atoms with van der Waals surface area (Å²) < 4.78 is 0. The molecule has 0 aliphatic rings. The number of hydrazine groups is 1. The minimum Gasteiger partial charge on any atom is -0.294 e. The summed E-state index contributed by atoms with van der Waals surface area (Å²) in [6.45, 7) is 0. The monoisotopic (exact) mass is 157 g/mol. The fourth-order valence-corrected chi connectivity index (χ4v) is 1.10. The summed E-state index contributed by atoms with van der Waals surface area (Å²) >= 11 is 1.46. The molecule has 54 valence electrons. The molecule has 1 rings (SSSR count). The van der Waals surface area contributed by atoms with Gasteiger partial charge in [0.05, 0.1) is 17.6 Å². The van der Waals surface area contributed by atoms with Crippen LogP contribution in [0.4, 0.5) is 0 Å². The third-order valence-electron chi connectivity index (χ3n) is 0.986. The lowest BCUT2D eigenvalue weighted by atomic mass is 10.3. The van der Waals surface area contributed by atoms with Crippen LogP contribution < -0.4 is 11.3 Å². The molecule has 0 spiro atoms. The lowest BCUT2D eigenvalue weighted by Gasteiger charge is -1.93. The maximum atomic E-state index is 10.6. The van der Waals surface area contributed by atoms with Crippen molar-refractivity contribution in [3.05, 3.63) is 16.6 Å². The number of amides is 1. The average Bonchev–Trinajstić information content (AvgIpc) is 2.40. The smallest absolute Gasteiger partial charge is 0.239 e. The molecule has 1 heterocycles. The normalized spacial score (nSPS) is 9.30. The van der Waals surface area contributed by atoms with Crippen LogP contribution in [0.1, 0.15) is 5.69 Å². The molecule has 1 amide bonds. The van der Waals surface area contributed by atoms with Gasteiger partial charge in [-0.25, -0.2) is 10.8 Å². The van der Waals surface area contributed by atoms with E-state index in [0.29, 0.717) is 0 Å². The number of rotatable bonds is 2. The molecule has 0 saturated heterocycles. The molecule has 1 aromatic rings. The zero-order valence-electron chi connectivity index (χ0n) is 5.20. The fourth-order valence-electron chi connectivity index (χ4n) is 0.540. The van der Waals surface area contributed by atoms with Crippen molar-refractivity contribution in [1.82, 2.24) is 10.4 Å². The molecule has 0 aromatic carbocycles. The van der Waals surface area contributed by atoms with Gasteiger partial charge in [-0.2, -0.15) is 0 Å². The Balaban J connectivity index is 2.48. The second-order valence-electron chi connectivity index (χ2n) is 1.72. The Kier molecular flexibility index (Phi) is 2.35. The Morgan fingerprint density at radius 1 is 1.90 bits per heavy atom. The van der Waals surface area contributed by atoms with Crippen LogP contribution in [0.3, 0.4) is 0 Å². The summed E-state index contributed by atoms with van der Waals surface area (Å²) in [5, 5.41) is 1.81. The topological polar surface area (TPSA) is 68.0 Å². The van der Waals surface area contributed by atoms with Gasteiger partial charge in [0.15, 0.2) is 0 Å². The second-order valence-corrected chi connectivity index (χ2v) is 2.44. The number of nitrogens with one attached hydrogen (secondary N) is 1. The third kappa shape index (κ3) is 1.78. The van der Waals surface area contributed by atoms with Crippen LogP contribution in [0.2, 0.25) is 0 Å². The zero-order chi connectivity index (χ0) is 7.40. The second kappa shape index (κ2) is 3.28. The molecule has 0 unspecified atom stereocenters. The van der Waals surface area contributed by atoms with Gasteiger partial charge in [0, 0.05) is 5.38 Å². The van der Waals surface area contributed by atoms with Crippen LogP contribution in [-0.2, 0) is 11.2 Å². The first-order valence-corrected chi connectivity index (χ1v) is 3.63. The van der Waals surface area contributed by atoms with E-state index in [1.807, 2.05) is 10.8 Å². The summed E-state index contributed by atoms with van der Waals surface area (Å²) in [6.07, 6.45) is 0.264. The number of thiazole rings is 1. The summed E-state index contributed by atoms with van der Waals surface area (Å²) in [4.78, 5) is 14.5. The highest BCUT2D eigenvalue weighted by atomic mass is 32.1. The van der Waals surface area contributed by atoms with E-state index < -0.39 is 0 Å². The third-order valence-corrected chi connectivity index (χ3v) is 1.62. The summed E-state index contributed by atoms with van der Waals surface area (Å²) in [5.74, 6) is 4.65. The van der Waals surface area contributed by atoms with Gasteiger partial charge in [0.1, 0.15) is 0 Å². The number of carbonyl (C=O) groups excluding carboxylic acids is 1. The Hall–Kier alpha value is -0.940. The predicted octanol–water partition coefficient (Wildman–Crippen LogP) is -0.325. The highest BCUT2D eigenvalue weighted by Crippen LogP contribution is 2.00. The lowest BCUT2D eigenvalue weighted by Crippen LogP contribution is -2.31. The molecular formula is C5H7N3OS. The molecule has 3 N–H and O–H groups in total. The van der Waals surface area contributed by atoms with Crippen molar-refractivity contribution in [3.8, 4) is 0 Å². The van der Waals surface area contributed by atoms with Crippen molar-refractivity contribution in [2.75, 3.05) is 0 Å². The molecule has 5 heteroatoms. The predicted molar refractivity (Wildman–Crippen MR) is 38.1 cm³/mol. The number of nitrogens with zero attached hydrogens (tertiary/aromatic N) is 1. The van der Waals surface area contributed by atoms with Crippen LogP contribution >= 0.6 is 11.3 Å². The van der Waals surface area contributed by atoms with Crippen molar-refractivity contribution in [2.24, 2.45) is 5.84 Å². The van der Waals surface area contributed by atoms with Crippen LogP contribution in [-0.4, -0.2) is 10.9 Å². The molecular weight excluding hydrogens is 150 g/mol. The number of nitrogens with two attached hydrogens (primary N) is 1. The molecule has 0 radical (unpaired) electrons. The van der Waals surface area contributed by atoms with Crippen molar-refractivity contribution in [2.45, 2.75) is 6.42 Å². The number of hydrogen-bond donors (Lipinski definition) is 2. The Labute approximate surface area is 62.0 Å². The minimum absolute atomic E-state index is 0.217. The van der Waals surface area contributed by atoms with E-state index in [0.717, 1.165) is 5.69 Å². The molecule has 10 heavy (non-hydrogen) atoms. The molecule has 1 aromatic heterocycles. The van der Waals surface area contributed by atoms with Crippen molar-refractivity contribution < 1.29 is 4.79 Å². The first-order valence-electron chi connectivity index (χ1n) is 2.69. The van der Waals surface area contributed by atoms with Gasteiger partial charge >= 0.3 is 0 Å². The number of hydrogen-bond acceptors (Lipinski definition) is 4. The standard InChI is InChI=1S/C5H7N3OS/c6-8-5(9)1-4-2-10-3-7-4/h2-3H,1,6H2,(H,8,9). The highest BCUT2D eigenvalue weighted by Gasteiger charge is 2.00. The van der Waals surface area contributed by atoms with Gasteiger partial charge in [0.25, 0.3) is 0 Å². The van der Waals surface area contributed by atoms with E-state index in [1.54, 1.807) is 5.51 Å². The fraction of sp³-hybridized carbons (Fsp3) is 0.200. The van der Waals surface area contributed by atoms with Gasteiger partial charge in [-0.05, 0) is 0 Å². The molecule has 0 aliphatic heterocycles.